The number of nitrogens with zero attached hydrogens (tertiary/aromatic N) is 3. The van der Waals surface area contributed by atoms with E-state index in [4.69, 9.17) is 9.47 Å². The maximum absolute atomic E-state index is 11.8. The maximum Gasteiger partial charge on any atom is 0.414 e. The summed E-state index contributed by atoms with van der Waals surface area (Å²) < 4.78 is 13.0. The van der Waals surface area contributed by atoms with Crippen molar-refractivity contribution in [3.05, 3.63) is 50.6 Å². The monoisotopic (exact) mass is 396 g/mol. The van der Waals surface area contributed by atoms with E-state index in [1.165, 1.54) is 10.8 Å². The number of aromatic nitrogens is 2. The Balaban J connectivity index is 1.51. The van der Waals surface area contributed by atoms with Crippen LogP contribution in [-0.4, -0.2) is 33.3 Å². The van der Waals surface area contributed by atoms with E-state index in [2.05, 4.69) is 26.2 Å². The molecule has 0 saturated carbocycles. The number of nitro groups is 1. The molecule has 1 amide bonds. The second-order valence-corrected chi connectivity index (χ2v) is 6.03. The number of rotatable bonds is 4. The number of hydrogen-bond donors (Lipinski definition) is 1. The Morgan fingerprint density at radius 1 is 1.50 bits per heavy atom. The largest absolute Gasteiger partial charge is 0.442 e. The fourth-order valence-electron chi connectivity index (χ4n) is 2.20. The van der Waals surface area contributed by atoms with Gasteiger partial charge < -0.3 is 24.9 Å². The van der Waals surface area contributed by atoms with Crippen LogP contribution in [0.25, 0.3) is 0 Å². The number of hydrogen-bond acceptors (Lipinski definition) is 6. The molecule has 24 heavy (non-hydrogen) atoms. The van der Waals surface area contributed by atoms with Gasteiger partial charge in [0.05, 0.1) is 6.54 Å². The molecule has 1 aliphatic rings. The molecule has 1 aliphatic heterocycles. The van der Waals surface area contributed by atoms with Gasteiger partial charge in [-0.2, -0.15) is 0 Å². The SMILES string of the molecule is O=C(NCc1ccc(Br)cc1)O[C@@H]1COc2nc([N+](=O)[O-])cn2C1. The van der Waals surface area contributed by atoms with E-state index in [9.17, 15) is 14.9 Å². The topological polar surface area (TPSA) is 109 Å². The van der Waals surface area contributed by atoms with Gasteiger partial charge in [0, 0.05) is 16.0 Å². The fraction of sp³-hybridized carbons (Fsp3) is 0.286. The van der Waals surface area contributed by atoms with Crippen LogP contribution in [0, 0.1) is 10.1 Å². The number of nitrogens with one attached hydrogen (secondary N) is 1. The molecule has 0 aliphatic carbocycles. The van der Waals surface area contributed by atoms with Crippen molar-refractivity contribution in [2.45, 2.75) is 19.2 Å². The number of carbonyl (C=O) groups excluding carboxylic acids is 1. The van der Waals surface area contributed by atoms with Gasteiger partial charge in [-0.25, -0.2) is 4.79 Å². The molecule has 0 radical (unpaired) electrons. The number of amides is 1. The highest BCUT2D eigenvalue weighted by Gasteiger charge is 2.29. The lowest BCUT2D eigenvalue weighted by Gasteiger charge is -2.22. The van der Waals surface area contributed by atoms with Crippen LogP contribution < -0.4 is 10.1 Å². The van der Waals surface area contributed by atoms with E-state index in [1.54, 1.807) is 0 Å². The van der Waals surface area contributed by atoms with E-state index < -0.39 is 17.1 Å². The summed E-state index contributed by atoms with van der Waals surface area (Å²) in [4.78, 5) is 25.7. The summed E-state index contributed by atoms with van der Waals surface area (Å²) in [6.45, 7) is 0.684. The average Bonchev–Trinajstić information content (AvgIpc) is 2.98. The number of fused-ring (bicyclic) bond motifs is 1. The molecule has 0 spiro atoms. The summed E-state index contributed by atoms with van der Waals surface area (Å²) in [5, 5.41) is 13.3. The third-order valence-corrected chi connectivity index (χ3v) is 3.87. The van der Waals surface area contributed by atoms with Crippen LogP contribution in [0.2, 0.25) is 0 Å². The highest BCUT2D eigenvalue weighted by Crippen LogP contribution is 2.22. The van der Waals surface area contributed by atoms with Gasteiger partial charge in [0.15, 0.2) is 6.10 Å². The maximum atomic E-state index is 11.8. The van der Waals surface area contributed by atoms with Crippen LogP contribution >= 0.6 is 15.9 Å². The van der Waals surface area contributed by atoms with Crippen molar-refractivity contribution < 1.29 is 19.2 Å². The van der Waals surface area contributed by atoms with E-state index in [0.29, 0.717) is 6.54 Å². The Hall–Kier alpha value is -2.62. The normalized spacial score (nSPS) is 16.0. The summed E-state index contributed by atoms with van der Waals surface area (Å²) >= 11 is 3.34. The second-order valence-electron chi connectivity index (χ2n) is 5.11. The van der Waals surface area contributed by atoms with Crippen molar-refractivity contribution in [1.29, 1.82) is 0 Å². The molecule has 10 heteroatoms. The number of halogens is 1. The van der Waals surface area contributed by atoms with Crippen LogP contribution in [0.5, 0.6) is 6.01 Å². The van der Waals surface area contributed by atoms with Gasteiger partial charge in [-0.15, -0.1) is 0 Å². The molecule has 9 nitrogen and oxygen atoms in total. The number of benzene rings is 1. The number of ether oxygens (including phenoxy) is 2. The lowest BCUT2D eigenvalue weighted by molar-refractivity contribution is -0.389. The Labute approximate surface area is 144 Å². The minimum atomic E-state index is -0.602. The van der Waals surface area contributed by atoms with Crippen LogP contribution in [0.3, 0.4) is 0 Å². The molecule has 2 heterocycles. The van der Waals surface area contributed by atoms with Crippen molar-refractivity contribution in [1.82, 2.24) is 14.9 Å². The first-order chi connectivity index (χ1) is 11.5. The van der Waals surface area contributed by atoms with Crippen molar-refractivity contribution in [3.63, 3.8) is 0 Å². The fourth-order valence-corrected chi connectivity index (χ4v) is 2.46. The number of imidazole rings is 1. The van der Waals surface area contributed by atoms with Gasteiger partial charge >= 0.3 is 17.9 Å². The van der Waals surface area contributed by atoms with Crippen molar-refractivity contribution in [3.8, 4) is 6.01 Å². The van der Waals surface area contributed by atoms with Gasteiger partial charge in [0.2, 0.25) is 0 Å². The lowest BCUT2D eigenvalue weighted by atomic mass is 10.2. The molecular formula is C14H13BrN4O5. The molecule has 0 fully saturated rings. The Morgan fingerprint density at radius 2 is 2.25 bits per heavy atom. The van der Waals surface area contributed by atoms with Crippen molar-refractivity contribution in [2.75, 3.05) is 6.61 Å². The average molecular weight is 397 g/mol. The molecule has 0 bridgehead atoms. The minimum absolute atomic E-state index is 0.0971. The molecule has 1 aromatic heterocycles. The third-order valence-electron chi connectivity index (χ3n) is 3.34. The highest BCUT2D eigenvalue weighted by molar-refractivity contribution is 9.10. The lowest BCUT2D eigenvalue weighted by Crippen LogP contribution is -2.37. The summed E-state index contributed by atoms with van der Waals surface area (Å²) in [5.41, 5.74) is 0.933. The molecule has 1 aromatic carbocycles. The zero-order chi connectivity index (χ0) is 17.1. The van der Waals surface area contributed by atoms with Crippen molar-refractivity contribution >= 4 is 27.8 Å². The Bertz CT molecular complexity index is 761. The minimum Gasteiger partial charge on any atom is -0.442 e. The molecule has 1 atom stereocenters. The molecular weight excluding hydrogens is 384 g/mol. The molecule has 3 rings (SSSR count). The summed E-state index contributed by atoms with van der Waals surface area (Å²) in [7, 11) is 0. The van der Waals surface area contributed by atoms with Crippen molar-refractivity contribution in [2.24, 2.45) is 0 Å². The van der Waals surface area contributed by atoms with E-state index >= 15 is 0 Å². The van der Waals surface area contributed by atoms with E-state index in [0.717, 1.165) is 10.0 Å². The summed E-state index contributed by atoms with van der Waals surface area (Å²) in [5.74, 6) is -0.301. The van der Waals surface area contributed by atoms with E-state index in [-0.39, 0.29) is 25.0 Å². The first kappa shape index (κ1) is 16.2. The molecule has 2 aromatic rings. The van der Waals surface area contributed by atoms with Crippen LogP contribution in [0.1, 0.15) is 5.56 Å². The quantitative estimate of drug-likeness (QED) is 0.626. The van der Waals surface area contributed by atoms with Crippen LogP contribution in [0.15, 0.2) is 34.9 Å². The van der Waals surface area contributed by atoms with Gasteiger partial charge in [-0.3, -0.25) is 4.57 Å². The zero-order valence-electron chi connectivity index (χ0n) is 12.3. The zero-order valence-corrected chi connectivity index (χ0v) is 13.9. The Morgan fingerprint density at radius 3 is 2.96 bits per heavy atom. The predicted octanol–water partition coefficient (Wildman–Crippen LogP) is 2.24. The van der Waals surface area contributed by atoms with Crippen LogP contribution in [0.4, 0.5) is 10.6 Å². The summed E-state index contributed by atoms with van der Waals surface area (Å²) in [6.07, 6.45) is 0.130. The second kappa shape index (κ2) is 6.87. The van der Waals surface area contributed by atoms with E-state index in [1.807, 2.05) is 24.3 Å². The van der Waals surface area contributed by atoms with Gasteiger partial charge in [0.25, 0.3) is 0 Å². The standard InChI is InChI=1S/C14H13BrN4O5/c15-10-3-1-9(2-4-10)5-16-14(20)24-11-6-18-7-12(19(21)22)17-13(18)23-8-11/h1-4,7,11H,5-6,8H2,(H,16,20)/t11-/m0/s1. The third kappa shape index (κ3) is 3.82. The summed E-state index contributed by atoms with van der Waals surface area (Å²) in [6, 6.07) is 7.67. The van der Waals surface area contributed by atoms with Crippen LogP contribution in [-0.2, 0) is 17.8 Å². The first-order valence-corrected chi connectivity index (χ1v) is 7.84. The Kier molecular flexibility index (Phi) is 4.65. The highest BCUT2D eigenvalue weighted by atomic mass is 79.9. The molecule has 0 unspecified atom stereocenters. The predicted molar refractivity (Wildman–Crippen MR) is 85.6 cm³/mol. The molecule has 1 N–H and O–H groups in total. The molecule has 0 saturated heterocycles. The van der Waals surface area contributed by atoms with Gasteiger partial charge in [0.1, 0.15) is 12.8 Å². The number of alkyl carbamates (subject to hydrolysis) is 1. The first-order valence-electron chi connectivity index (χ1n) is 7.04. The van der Waals surface area contributed by atoms with Gasteiger partial charge in [-0.1, -0.05) is 28.1 Å². The van der Waals surface area contributed by atoms with Gasteiger partial charge in [-0.05, 0) is 22.6 Å². The molecule has 126 valence electrons. The number of carbonyl (C=O) groups is 1. The smallest absolute Gasteiger partial charge is 0.414 e.